The Kier molecular flexibility index (Phi) is 4.81. The highest BCUT2D eigenvalue weighted by Gasteiger charge is 2.10. The molecule has 5 nitrogen and oxygen atoms in total. The van der Waals surface area contributed by atoms with Crippen LogP contribution in [0.3, 0.4) is 0 Å². The van der Waals surface area contributed by atoms with Gasteiger partial charge in [-0.25, -0.2) is 0 Å². The molecule has 0 unspecified atom stereocenters. The summed E-state index contributed by atoms with van der Waals surface area (Å²) in [6.07, 6.45) is 3.49. The maximum absolute atomic E-state index is 10.8. The fraction of sp³-hybridized carbons (Fsp3) is 0.214. The van der Waals surface area contributed by atoms with Gasteiger partial charge in [-0.15, -0.1) is 0 Å². The first-order valence-corrected chi connectivity index (χ1v) is 6.93. The molecule has 0 fully saturated rings. The van der Waals surface area contributed by atoms with Gasteiger partial charge in [-0.2, -0.15) is 0 Å². The van der Waals surface area contributed by atoms with Crippen LogP contribution in [0.2, 0.25) is 0 Å². The molecule has 2 aromatic rings. The number of nitrogens with one attached hydrogen (secondary N) is 1. The molecule has 1 aromatic carbocycles. The Labute approximate surface area is 125 Å². The van der Waals surface area contributed by atoms with Gasteiger partial charge in [-0.05, 0) is 36.2 Å². The smallest absolute Gasteiger partial charge is 0.270 e. The summed E-state index contributed by atoms with van der Waals surface area (Å²) in [6, 6.07) is 8.99. The SMILES string of the molecule is C[C@H](NCc1cc(Br)cc([N+](=O)[O-])c1)c1ccncc1. The zero-order chi connectivity index (χ0) is 14.5. The minimum Gasteiger partial charge on any atom is -0.306 e. The highest BCUT2D eigenvalue weighted by Crippen LogP contribution is 2.22. The molecule has 1 aromatic heterocycles. The number of nitrogens with zero attached hydrogens (tertiary/aromatic N) is 2. The first-order valence-electron chi connectivity index (χ1n) is 6.13. The monoisotopic (exact) mass is 335 g/mol. The Hall–Kier alpha value is -1.79. The molecule has 6 heteroatoms. The third-order valence-electron chi connectivity index (χ3n) is 2.97. The number of halogens is 1. The van der Waals surface area contributed by atoms with Gasteiger partial charge in [0, 0.05) is 41.6 Å². The van der Waals surface area contributed by atoms with Gasteiger partial charge in [-0.1, -0.05) is 15.9 Å². The lowest BCUT2D eigenvalue weighted by atomic mass is 10.1. The van der Waals surface area contributed by atoms with E-state index in [1.54, 1.807) is 18.5 Å². The summed E-state index contributed by atoms with van der Waals surface area (Å²) in [7, 11) is 0. The molecular formula is C14H14BrN3O2. The van der Waals surface area contributed by atoms with Gasteiger partial charge in [0.05, 0.1) is 4.92 Å². The fourth-order valence-corrected chi connectivity index (χ4v) is 2.41. The lowest BCUT2D eigenvalue weighted by Gasteiger charge is -2.14. The molecule has 0 aliphatic heterocycles. The van der Waals surface area contributed by atoms with E-state index in [4.69, 9.17) is 0 Å². The summed E-state index contributed by atoms with van der Waals surface area (Å²) in [5.74, 6) is 0. The zero-order valence-electron chi connectivity index (χ0n) is 10.9. The molecule has 0 aliphatic rings. The van der Waals surface area contributed by atoms with Crippen molar-refractivity contribution in [2.24, 2.45) is 0 Å². The van der Waals surface area contributed by atoms with Crippen molar-refractivity contribution in [1.82, 2.24) is 10.3 Å². The Bertz CT molecular complexity index is 605. The van der Waals surface area contributed by atoms with E-state index in [1.165, 1.54) is 6.07 Å². The lowest BCUT2D eigenvalue weighted by molar-refractivity contribution is -0.385. The number of hydrogen-bond acceptors (Lipinski definition) is 4. The predicted molar refractivity (Wildman–Crippen MR) is 80.3 cm³/mol. The molecular weight excluding hydrogens is 322 g/mol. The van der Waals surface area contributed by atoms with Crippen LogP contribution in [0.4, 0.5) is 5.69 Å². The van der Waals surface area contributed by atoms with Crippen LogP contribution in [0.15, 0.2) is 47.2 Å². The first-order chi connectivity index (χ1) is 9.56. The summed E-state index contributed by atoms with van der Waals surface area (Å²) in [5, 5.41) is 14.2. The van der Waals surface area contributed by atoms with Gasteiger partial charge in [-0.3, -0.25) is 15.1 Å². The highest BCUT2D eigenvalue weighted by molar-refractivity contribution is 9.10. The van der Waals surface area contributed by atoms with E-state index in [2.05, 4.69) is 26.2 Å². The summed E-state index contributed by atoms with van der Waals surface area (Å²) in [4.78, 5) is 14.4. The Morgan fingerprint density at radius 2 is 2.05 bits per heavy atom. The van der Waals surface area contributed by atoms with Gasteiger partial charge < -0.3 is 5.32 Å². The van der Waals surface area contributed by atoms with Gasteiger partial charge in [0.1, 0.15) is 0 Å². The Balaban J connectivity index is 2.06. The maximum atomic E-state index is 10.8. The van der Waals surface area contributed by atoms with E-state index < -0.39 is 0 Å². The highest BCUT2D eigenvalue weighted by atomic mass is 79.9. The number of rotatable bonds is 5. The number of hydrogen-bond donors (Lipinski definition) is 1. The van der Waals surface area contributed by atoms with Crippen molar-refractivity contribution in [3.8, 4) is 0 Å². The van der Waals surface area contributed by atoms with Crippen LogP contribution in [0.25, 0.3) is 0 Å². The second-order valence-electron chi connectivity index (χ2n) is 4.46. The summed E-state index contributed by atoms with van der Waals surface area (Å²) in [6.45, 7) is 2.60. The molecule has 1 heterocycles. The largest absolute Gasteiger partial charge is 0.306 e. The summed E-state index contributed by atoms with van der Waals surface area (Å²) < 4.78 is 0.708. The average molecular weight is 336 g/mol. The lowest BCUT2D eigenvalue weighted by Crippen LogP contribution is -2.18. The molecule has 104 valence electrons. The van der Waals surface area contributed by atoms with Crippen molar-refractivity contribution in [2.75, 3.05) is 0 Å². The molecule has 2 rings (SSSR count). The van der Waals surface area contributed by atoms with Crippen LogP contribution in [0.1, 0.15) is 24.1 Å². The Morgan fingerprint density at radius 3 is 2.70 bits per heavy atom. The second kappa shape index (κ2) is 6.58. The van der Waals surface area contributed by atoms with Gasteiger partial charge in [0.25, 0.3) is 5.69 Å². The van der Waals surface area contributed by atoms with Crippen molar-refractivity contribution in [3.05, 3.63) is 68.4 Å². The minimum absolute atomic E-state index is 0.0905. The number of nitro groups is 1. The molecule has 1 N–H and O–H groups in total. The quantitative estimate of drug-likeness (QED) is 0.669. The van der Waals surface area contributed by atoms with E-state index in [0.717, 1.165) is 11.1 Å². The second-order valence-corrected chi connectivity index (χ2v) is 5.37. The Morgan fingerprint density at radius 1 is 1.35 bits per heavy atom. The van der Waals surface area contributed by atoms with Crippen LogP contribution < -0.4 is 5.32 Å². The van der Waals surface area contributed by atoms with E-state index in [0.29, 0.717) is 11.0 Å². The molecule has 0 spiro atoms. The van der Waals surface area contributed by atoms with E-state index in [9.17, 15) is 10.1 Å². The molecule has 0 bridgehead atoms. The summed E-state index contributed by atoms with van der Waals surface area (Å²) in [5.41, 5.74) is 2.09. The average Bonchev–Trinajstić information content (AvgIpc) is 2.45. The number of nitro benzene ring substituents is 1. The molecule has 0 radical (unpaired) electrons. The molecule has 1 atom stereocenters. The zero-order valence-corrected chi connectivity index (χ0v) is 12.5. The number of benzene rings is 1. The normalized spacial score (nSPS) is 12.1. The van der Waals surface area contributed by atoms with Gasteiger partial charge in [0.2, 0.25) is 0 Å². The standard InChI is InChI=1S/C14H14BrN3O2/c1-10(12-2-4-16-5-3-12)17-9-11-6-13(15)8-14(7-11)18(19)20/h2-8,10,17H,9H2,1H3/t10-/m0/s1. The van der Waals surface area contributed by atoms with Crippen molar-refractivity contribution >= 4 is 21.6 Å². The molecule has 0 saturated heterocycles. The minimum atomic E-state index is -0.388. The van der Waals surface area contributed by atoms with E-state index in [1.807, 2.05) is 25.1 Å². The van der Waals surface area contributed by atoms with E-state index >= 15 is 0 Å². The van der Waals surface area contributed by atoms with E-state index in [-0.39, 0.29) is 16.7 Å². The summed E-state index contributed by atoms with van der Waals surface area (Å²) >= 11 is 3.29. The van der Waals surface area contributed by atoms with Crippen molar-refractivity contribution in [1.29, 1.82) is 0 Å². The van der Waals surface area contributed by atoms with Crippen molar-refractivity contribution in [3.63, 3.8) is 0 Å². The maximum Gasteiger partial charge on any atom is 0.270 e. The van der Waals surface area contributed by atoms with Crippen LogP contribution in [0, 0.1) is 10.1 Å². The van der Waals surface area contributed by atoms with Crippen LogP contribution in [-0.2, 0) is 6.54 Å². The van der Waals surface area contributed by atoms with Gasteiger partial charge in [0.15, 0.2) is 0 Å². The fourth-order valence-electron chi connectivity index (χ4n) is 1.88. The number of non-ortho nitro benzene ring substituents is 1. The first kappa shape index (κ1) is 14.6. The van der Waals surface area contributed by atoms with Crippen LogP contribution in [0.5, 0.6) is 0 Å². The number of aromatic nitrogens is 1. The molecule has 0 amide bonds. The molecule has 20 heavy (non-hydrogen) atoms. The molecule has 0 aliphatic carbocycles. The third-order valence-corrected chi connectivity index (χ3v) is 3.43. The molecule has 0 saturated carbocycles. The third kappa shape index (κ3) is 3.85. The number of pyridine rings is 1. The van der Waals surface area contributed by atoms with Crippen LogP contribution >= 0.6 is 15.9 Å². The topological polar surface area (TPSA) is 68.1 Å². The van der Waals surface area contributed by atoms with Crippen LogP contribution in [-0.4, -0.2) is 9.91 Å². The van der Waals surface area contributed by atoms with Crippen molar-refractivity contribution < 1.29 is 4.92 Å². The predicted octanol–water partition coefficient (Wildman–Crippen LogP) is 3.60. The van der Waals surface area contributed by atoms with Gasteiger partial charge >= 0.3 is 0 Å². The van der Waals surface area contributed by atoms with Crippen molar-refractivity contribution in [2.45, 2.75) is 19.5 Å².